The Labute approximate surface area is 199 Å². The van der Waals surface area contributed by atoms with Crippen LogP contribution in [0.3, 0.4) is 0 Å². The Bertz CT molecular complexity index is 1320. The monoisotopic (exact) mass is 481 g/mol. The molecule has 0 unspecified atom stereocenters. The highest BCUT2D eigenvalue weighted by Gasteiger charge is 2.44. The quantitative estimate of drug-likeness (QED) is 0.496. The molecule has 0 bridgehead atoms. The molecule has 170 valence electrons. The molecule has 33 heavy (non-hydrogen) atoms. The molecule has 1 heterocycles. The zero-order chi connectivity index (χ0) is 23.8. The fraction of sp³-hybridized carbons (Fsp3) is 0.192. The van der Waals surface area contributed by atoms with Crippen molar-refractivity contribution >= 4 is 27.6 Å². The van der Waals surface area contributed by atoms with Gasteiger partial charge >= 0.3 is 5.97 Å². The van der Waals surface area contributed by atoms with Crippen molar-refractivity contribution in [2.24, 2.45) is 0 Å². The van der Waals surface area contributed by atoms with Gasteiger partial charge in [0.25, 0.3) is 0 Å². The van der Waals surface area contributed by atoms with E-state index in [1.165, 1.54) is 4.31 Å². The van der Waals surface area contributed by atoms with Gasteiger partial charge in [-0.25, -0.2) is 13.2 Å². The van der Waals surface area contributed by atoms with Gasteiger partial charge in [0.15, 0.2) is 0 Å². The number of hydrogen-bond donors (Lipinski definition) is 1. The molecule has 0 saturated heterocycles. The lowest BCUT2D eigenvalue weighted by Crippen LogP contribution is -2.42. The van der Waals surface area contributed by atoms with E-state index >= 15 is 0 Å². The lowest BCUT2D eigenvalue weighted by molar-refractivity contribution is -0.133. The van der Waals surface area contributed by atoms with Crippen LogP contribution in [-0.2, 0) is 14.8 Å². The van der Waals surface area contributed by atoms with Gasteiger partial charge in [0.05, 0.1) is 22.6 Å². The third-order valence-electron chi connectivity index (χ3n) is 5.87. The van der Waals surface area contributed by atoms with E-state index in [0.717, 1.165) is 16.7 Å². The van der Waals surface area contributed by atoms with Crippen molar-refractivity contribution in [2.45, 2.75) is 37.2 Å². The van der Waals surface area contributed by atoms with Crippen molar-refractivity contribution in [3.8, 4) is 0 Å². The summed E-state index contributed by atoms with van der Waals surface area (Å²) in [5.74, 6) is -1.14. The Kier molecular flexibility index (Phi) is 6.43. The highest BCUT2D eigenvalue weighted by molar-refractivity contribution is 7.89. The van der Waals surface area contributed by atoms with Crippen LogP contribution in [0.1, 0.15) is 40.8 Å². The summed E-state index contributed by atoms with van der Waals surface area (Å²) in [5, 5.41) is 10.6. The van der Waals surface area contributed by atoms with Crippen LogP contribution in [-0.4, -0.2) is 23.8 Å². The van der Waals surface area contributed by atoms with Gasteiger partial charge in [-0.2, -0.15) is 4.31 Å². The van der Waals surface area contributed by atoms with E-state index in [-0.39, 0.29) is 16.9 Å². The van der Waals surface area contributed by atoms with Crippen molar-refractivity contribution in [3.05, 3.63) is 112 Å². The van der Waals surface area contributed by atoms with Gasteiger partial charge in [0, 0.05) is 5.02 Å². The maximum absolute atomic E-state index is 14.1. The summed E-state index contributed by atoms with van der Waals surface area (Å²) >= 11 is 6.07. The van der Waals surface area contributed by atoms with Crippen molar-refractivity contribution in [1.29, 1.82) is 0 Å². The number of aryl methyl sites for hydroxylation is 2. The van der Waals surface area contributed by atoms with Gasteiger partial charge in [-0.05, 0) is 55.7 Å². The van der Waals surface area contributed by atoms with E-state index < -0.39 is 28.1 Å². The SMILES string of the molecule is Cc1ccc(S(=O)(=O)N2[C@@H](c3cccc(C)c3)C(C(=O)O)=CC[C@H]2c2ccc(Cl)cc2)cc1. The molecule has 0 radical (unpaired) electrons. The van der Waals surface area contributed by atoms with Crippen molar-refractivity contribution < 1.29 is 18.3 Å². The van der Waals surface area contributed by atoms with Crippen molar-refractivity contribution in [1.82, 2.24) is 4.31 Å². The average molecular weight is 482 g/mol. The summed E-state index contributed by atoms with van der Waals surface area (Å²) in [4.78, 5) is 12.4. The van der Waals surface area contributed by atoms with E-state index in [1.54, 1.807) is 60.7 Å². The van der Waals surface area contributed by atoms with Crippen molar-refractivity contribution in [2.75, 3.05) is 0 Å². The largest absolute Gasteiger partial charge is 0.478 e. The van der Waals surface area contributed by atoms with Gasteiger partial charge in [-0.3, -0.25) is 0 Å². The number of hydrogen-bond acceptors (Lipinski definition) is 3. The molecule has 3 aromatic rings. The van der Waals surface area contributed by atoms with Crippen LogP contribution in [0.25, 0.3) is 0 Å². The van der Waals surface area contributed by atoms with Crippen LogP contribution in [0.2, 0.25) is 5.02 Å². The first-order chi connectivity index (χ1) is 15.7. The fourth-order valence-corrected chi connectivity index (χ4v) is 6.15. The Hall–Kier alpha value is -2.93. The summed E-state index contributed by atoms with van der Waals surface area (Å²) in [7, 11) is -4.07. The highest BCUT2D eigenvalue weighted by Crippen LogP contribution is 2.45. The molecule has 1 aliphatic rings. The van der Waals surface area contributed by atoms with Gasteiger partial charge in [0.1, 0.15) is 0 Å². The first-order valence-corrected chi connectivity index (χ1v) is 12.4. The molecular formula is C26H24ClNO4S. The molecule has 3 aromatic carbocycles. The number of carbonyl (C=O) groups is 1. The minimum atomic E-state index is -4.07. The maximum Gasteiger partial charge on any atom is 0.333 e. The maximum atomic E-state index is 14.1. The predicted octanol–water partition coefficient (Wildman–Crippen LogP) is 5.84. The number of carboxylic acids is 1. The smallest absolute Gasteiger partial charge is 0.333 e. The van der Waals surface area contributed by atoms with E-state index in [1.807, 2.05) is 32.0 Å². The second kappa shape index (κ2) is 9.14. The molecule has 1 N–H and O–H groups in total. The number of halogens is 1. The molecule has 4 rings (SSSR count). The summed E-state index contributed by atoms with van der Waals surface area (Å²) in [5.41, 5.74) is 3.25. The fourth-order valence-electron chi connectivity index (χ4n) is 4.25. The summed E-state index contributed by atoms with van der Waals surface area (Å²) < 4.78 is 29.5. The van der Waals surface area contributed by atoms with Crippen LogP contribution in [0.15, 0.2) is 89.3 Å². The van der Waals surface area contributed by atoms with Crippen molar-refractivity contribution in [3.63, 3.8) is 0 Å². The summed E-state index contributed by atoms with van der Waals surface area (Å²) in [6.07, 6.45) is 1.87. The highest BCUT2D eigenvalue weighted by atomic mass is 35.5. The second-order valence-corrected chi connectivity index (χ2v) is 10.5. The molecule has 7 heteroatoms. The van der Waals surface area contributed by atoms with Gasteiger partial charge in [0.2, 0.25) is 10.0 Å². The van der Waals surface area contributed by atoms with Crippen LogP contribution < -0.4 is 0 Å². The van der Waals surface area contributed by atoms with Crippen LogP contribution in [0.4, 0.5) is 0 Å². The number of benzene rings is 3. The summed E-state index contributed by atoms with van der Waals surface area (Å²) in [6.45, 7) is 3.78. The molecule has 1 aliphatic heterocycles. The number of carboxylic acid groups (broad SMARTS) is 1. The van der Waals surface area contributed by atoms with E-state index in [2.05, 4.69) is 0 Å². The first kappa shape index (κ1) is 23.2. The number of nitrogens with zero attached hydrogens (tertiary/aromatic N) is 1. The minimum Gasteiger partial charge on any atom is -0.478 e. The van der Waals surface area contributed by atoms with Gasteiger partial charge in [-0.15, -0.1) is 0 Å². The molecule has 0 amide bonds. The molecular weight excluding hydrogens is 458 g/mol. The minimum absolute atomic E-state index is 0.0431. The normalized spacial score (nSPS) is 19.2. The van der Waals surface area contributed by atoms with Crippen LogP contribution >= 0.6 is 11.6 Å². The van der Waals surface area contributed by atoms with E-state index in [9.17, 15) is 18.3 Å². The first-order valence-electron chi connectivity index (χ1n) is 10.5. The lowest BCUT2D eigenvalue weighted by atomic mass is 9.89. The number of sulfonamides is 1. The predicted molar refractivity (Wildman–Crippen MR) is 129 cm³/mol. The zero-order valence-corrected chi connectivity index (χ0v) is 19.8. The molecule has 0 aliphatic carbocycles. The van der Waals surface area contributed by atoms with Crippen LogP contribution in [0.5, 0.6) is 0 Å². The standard InChI is InChI=1S/C26H24ClNO4S/c1-17-6-12-22(13-7-17)33(31,32)28-24(19-8-10-21(27)11-9-19)15-14-23(26(29)30)25(28)20-5-3-4-18(2)16-20/h3-14,16,24-25H,15H2,1-2H3,(H,29,30)/t24-,25-/m0/s1. The Morgan fingerprint density at radius 1 is 0.939 bits per heavy atom. The molecule has 0 aromatic heterocycles. The van der Waals surface area contributed by atoms with Gasteiger partial charge < -0.3 is 5.11 Å². The molecule has 0 saturated carbocycles. The third-order valence-corrected chi connectivity index (χ3v) is 8.01. The van der Waals surface area contributed by atoms with Gasteiger partial charge in [-0.1, -0.05) is 77.3 Å². The van der Waals surface area contributed by atoms with E-state index in [0.29, 0.717) is 10.6 Å². The molecule has 2 atom stereocenters. The topological polar surface area (TPSA) is 74.7 Å². The van der Waals surface area contributed by atoms with Crippen LogP contribution in [0, 0.1) is 13.8 Å². The average Bonchev–Trinajstić information content (AvgIpc) is 2.79. The molecule has 5 nitrogen and oxygen atoms in total. The summed E-state index contributed by atoms with van der Waals surface area (Å²) in [6, 6.07) is 19.4. The molecule has 0 spiro atoms. The number of rotatable bonds is 5. The zero-order valence-electron chi connectivity index (χ0n) is 18.3. The Morgan fingerprint density at radius 2 is 1.61 bits per heavy atom. The second-order valence-electron chi connectivity index (χ2n) is 8.23. The number of aliphatic carboxylic acids is 1. The Balaban J connectivity index is 1.97. The third kappa shape index (κ3) is 4.60. The van der Waals surface area contributed by atoms with E-state index in [4.69, 9.17) is 11.6 Å². The lowest BCUT2D eigenvalue weighted by Gasteiger charge is -2.40. The Morgan fingerprint density at radius 3 is 2.21 bits per heavy atom. The molecule has 0 fully saturated rings.